The van der Waals surface area contributed by atoms with Gasteiger partial charge in [-0.25, -0.2) is 8.78 Å². The third-order valence-electron chi connectivity index (χ3n) is 2.63. The van der Waals surface area contributed by atoms with Crippen molar-refractivity contribution in [3.05, 3.63) is 47.4 Å². The van der Waals surface area contributed by atoms with Gasteiger partial charge in [0.25, 0.3) is 0 Å². The fourth-order valence-corrected chi connectivity index (χ4v) is 1.79. The van der Waals surface area contributed by atoms with Crippen LogP contribution < -0.4 is 10.6 Å². The summed E-state index contributed by atoms with van der Waals surface area (Å²) in [6.07, 6.45) is 2.73. The third-order valence-corrected chi connectivity index (χ3v) is 2.88. The zero-order chi connectivity index (χ0) is 15.9. The van der Waals surface area contributed by atoms with Crippen molar-refractivity contribution in [1.29, 1.82) is 5.26 Å². The number of rotatable bonds is 4. The molecule has 9 heteroatoms. The minimum Gasteiger partial charge on any atom is -0.362 e. The number of thiocarbonyl (C=S) groups is 1. The van der Waals surface area contributed by atoms with Crippen molar-refractivity contribution in [1.82, 2.24) is 20.5 Å². The van der Waals surface area contributed by atoms with Crippen molar-refractivity contribution < 1.29 is 8.78 Å². The number of anilines is 1. The summed E-state index contributed by atoms with van der Waals surface area (Å²) in [4.78, 5) is 3.76. The van der Waals surface area contributed by atoms with E-state index in [1.54, 1.807) is 0 Å². The van der Waals surface area contributed by atoms with Crippen LogP contribution in [0.15, 0.2) is 24.5 Å². The largest absolute Gasteiger partial charge is 0.362 e. The minimum absolute atomic E-state index is 0.00696. The first-order chi connectivity index (χ1) is 10.6. The molecule has 2 aromatic heterocycles. The molecule has 0 amide bonds. The van der Waals surface area contributed by atoms with Crippen molar-refractivity contribution in [2.24, 2.45) is 0 Å². The molecule has 0 radical (unpaired) electrons. The highest BCUT2D eigenvalue weighted by molar-refractivity contribution is 7.80. The molecule has 0 aliphatic heterocycles. The van der Waals surface area contributed by atoms with E-state index in [-0.39, 0.29) is 35.2 Å². The third kappa shape index (κ3) is 3.89. The van der Waals surface area contributed by atoms with E-state index in [1.807, 2.05) is 6.07 Å². The fraction of sp³-hybridized carbons (Fsp3) is 0.154. The summed E-state index contributed by atoms with van der Waals surface area (Å²) in [7, 11) is 0. The molecule has 0 aliphatic rings. The molecular weight excluding hydrogens is 310 g/mol. The molecule has 0 fully saturated rings. The van der Waals surface area contributed by atoms with Crippen LogP contribution in [0.1, 0.15) is 11.3 Å². The molecular formula is C13H10F2N6S. The predicted molar refractivity (Wildman–Crippen MR) is 78.8 cm³/mol. The van der Waals surface area contributed by atoms with Gasteiger partial charge >= 0.3 is 0 Å². The van der Waals surface area contributed by atoms with Crippen LogP contribution >= 0.6 is 12.2 Å². The summed E-state index contributed by atoms with van der Waals surface area (Å²) in [6.45, 7) is 0.237. The van der Waals surface area contributed by atoms with Gasteiger partial charge in [-0.15, -0.1) is 5.10 Å². The van der Waals surface area contributed by atoms with E-state index in [9.17, 15) is 8.78 Å². The number of hydrogen-bond donors (Lipinski definition) is 2. The average Bonchev–Trinajstić information content (AvgIpc) is 2.52. The van der Waals surface area contributed by atoms with Crippen LogP contribution in [-0.2, 0) is 6.42 Å². The Morgan fingerprint density at radius 3 is 2.91 bits per heavy atom. The highest BCUT2D eigenvalue weighted by atomic mass is 32.1. The Morgan fingerprint density at radius 2 is 2.14 bits per heavy atom. The van der Waals surface area contributed by atoms with Crippen molar-refractivity contribution in [2.75, 3.05) is 11.9 Å². The van der Waals surface area contributed by atoms with Gasteiger partial charge < -0.3 is 10.6 Å². The van der Waals surface area contributed by atoms with Crippen LogP contribution in [0.2, 0.25) is 0 Å². The van der Waals surface area contributed by atoms with Gasteiger partial charge in [-0.2, -0.15) is 10.4 Å². The first-order valence-electron chi connectivity index (χ1n) is 6.17. The zero-order valence-corrected chi connectivity index (χ0v) is 12.0. The lowest BCUT2D eigenvalue weighted by Crippen LogP contribution is -2.31. The van der Waals surface area contributed by atoms with Gasteiger partial charge in [0.1, 0.15) is 6.07 Å². The molecule has 0 aliphatic carbocycles. The van der Waals surface area contributed by atoms with E-state index in [0.717, 1.165) is 6.07 Å². The molecule has 0 atom stereocenters. The smallest absolute Gasteiger partial charge is 0.180 e. The lowest BCUT2D eigenvalue weighted by Gasteiger charge is -2.10. The van der Waals surface area contributed by atoms with E-state index in [0.29, 0.717) is 0 Å². The second kappa shape index (κ2) is 7.33. The molecule has 0 saturated heterocycles. The topological polar surface area (TPSA) is 86.5 Å². The predicted octanol–water partition coefficient (Wildman–Crippen LogP) is 1.55. The molecule has 2 heterocycles. The van der Waals surface area contributed by atoms with Crippen LogP contribution in [0.25, 0.3) is 0 Å². The molecule has 2 aromatic rings. The normalized spacial score (nSPS) is 9.86. The quantitative estimate of drug-likeness (QED) is 0.827. The van der Waals surface area contributed by atoms with Crippen LogP contribution in [0.5, 0.6) is 0 Å². The van der Waals surface area contributed by atoms with Crippen LogP contribution in [0.4, 0.5) is 14.6 Å². The number of nitrogens with one attached hydrogen (secondary N) is 2. The zero-order valence-electron chi connectivity index (χ0n) is 11.2. The van der Waals surface area contributed by atoms with E-state index in [1.165, 1.54) is 18.5 Å². The maximum atomic E-state index is 13.4. The van der Waals surface area contributed by atoms with Gasteiger partial charge in [-0.3, -0.25) is 4.98 Å². The molecule has 6 nitrogen and oxygen atoms in total. The Kier molecular flexibility index (Phi) is 5.21. The van der Waals surface area contributed by atoms with Crippen molar-refractivity contribution >= 4 is 23.1 Å². The van der Waals surface area contributed by atoms with Gasteiger partial charge in [0.05, 0.1) is 17.5 Å². The number of nitriles is 1. The second-order valence-electron chi connectivity index (χ2n) is 4.09. The summed E-state index contributed by atoms with van der Waals surface area (Å²) in [5.74, 6) is -1.69. The highest BCUT2D eigenvalue weighted by Crippen LogP contribution is 2.09. The van der Waals surface area contributed by atoms with E-state index in [4.69, 9.17) is 17.5 Å². The van der Waals surface area contributed by atoms with Crippen molar-refractivity contribution in [2.45, 2.75) is 6.42 Å². The van der Waals surface area contributed by atoms with Gasteiger partial charge in [0, 0.05) is 19.2 Å². The lowest BCUT2D eigenvalue weighted by molar-refractivity contribution is 0.491. The molecule has 0 bridgehead atoms. The van der Waals surface area contributed by atoms with Crippen LogP contribution in [0.3, 0.4) is 0 Å². The SMILES string of the molecule is N#Cc1ccnnc1NC(=S)NCCc1nccc(F)c1F. The number of pyridine rings is 1. The van der Waals surface area contributed by atoms with Gasteiger partial charge in [-0.05, 0) is 24.4 Å². The van der Waals surface area contributed by atoms with Crippen LogP contribution in [0, 0.1) is 23.0 Å². The highest BCUT2D eigenvalue weighted by Gasteiger charge is 2.09. The Morgan fingerprint density at radius 1 is 1.32 bits per heavy atom. The summed E-state index contributed by atoms with van der Waals surface area (Å²) < 4.78 is 26.4. The molecule has 2 N–H and O–H groups in total. The van der Waals surface area contributed by atoms with E-state index >= 15 is 0 Å². The average molecular weight is 320 g/mol. The Labute approximate surface area is 130 Å². The van der Waals surface area contributed by atoms with Crippen molar-refractivity contribution in [3.63, 3.8) is 0 Å². The maximum absolute atomic E-state index is 13.4. The van der Waals surface area contributed by atoms with E-state index < -0.39 is 11.6 Å². The molecule has 112 valence electrons. The minimum atomic E-state index is -0.969. The molecule has 0 saturated carbocycles. The lowest BCUT2D eigenvalue weighted by atomic mass is 10.2. The maximum Gasteiger partial charge on any atom is 0.180 e. The van der Waals surface area contributed by atoms with Gasteiger partial charge in [0.15, 0.2) is 22.6 Å². The molecule has 0 aromatic carbocycles. The van der Waals surface area contributed by atoms with E-state index in [2.05, 4.69) is 25.8 Å². The number of halogens is 2. The van der Waals surface area contributed by atoms with Gasteiger partial charge in [0.2, 0.25) is 0 Å². The Hall–Kier alpha value is -2.73. The molecule has 22 heavy (non-hydrogen) atoms. The standard InChI is InChI=1S/C13H10F2N6S/c14-9-2-4-17-10(11(9)15)3-5-18-13(22)20-12-8(7-16)1-6-19-21-12/h1-2,4,6H,3,5H2,(H2,18,20,21,22). The van der Waals surface area contributed by atoms with Gasteiger partial charge in [-0.1, -0.05) is 0 Å². The second-order valence-corrected chi connectivity index (χ2v) is 4.50. The molecule has 0 unspecified atom stereocenters. The summed E-state index contributed by atoms with van der Waals surface area (Å²) in [5.41, 5.74) is 0.296. The fourth-order valence-electron chi connectivity index (χ4n) is 1.60. The number of hydrogen-bond acceptors (Lipinski definition) is 5. The number of nitrogens with zero attached hydrogens (tertiary/aromatic N) is 4. The monoisotopic (exact) mass is 320 g/mol. The molecule has 0 spiro atoms. The first kappa shape index (κ1) is 15.7. The summed E-state index contributed by atoms with van der Waals surface area (Å²) >= 11 is 5.03. The van der Waals surface area contributed by atoms with Crippen molar-refractivity contribution in [3.8, 4) is 6.07 Å². The number of aromatic nitrogens is 3. The Balaban J connectivity index is 1.88. The summed E-state index contributed by atoms with van der Waals surface area (Å²) in [6, 6.07) is 4.39. The molecule has 2 rings (SSSR count). The van der Waals surface area contributed by atoms with Crippen LogP contribution in [-0.4, -0.2) is 26.8 Å². The first-order valence-corrected chi connectivity index (χ1v) is 6.58. The summed E-state index contributed by atoms with van der Waals surface area (Å²) in [5, 5.41) is 22.0. The Bertz CT molecular complexity index is 731.